The van der Waals surface area contributed by atoms with E-state index in [0.717, 1.165) is 23.9 Å². The van der Waals surface area contributed by atoms with Gasteiger partial charge in [-0.2, -0.15) is 4.31 Å². The summed E-state index contributed by atoms with van der Waals surface area (Å²) in [5.41, 5.74) is 0. The normalized spacial score (nSPS) is 18.7. The molecule has 9 heteroatoms. The molecule has 6 nitrogen and oxygen atoms in total. The summed E-state index contributed by atoms with van der Waals surface area (Å²) in [6.45, 7) is 9.61. The number of hydrogen-bond donors (Lipinski definition) is 1. The van der Waals surface area contributed by atoms with E-state index < -0.39 is 10.0 Å². The van der Waals surface area contributed by atoms with Crippen molar-refractivity contribution < 1.29 is 8.42 Å². The van der Waals surface area contributed by atoms with Gasteiger partial charge in [0.25, 0.3) is 10.0 Å². The minimum atomic E-state index is -3.37. The number of aliphatic imine (C=N–C) groups is 1. The van der Waals surface area contributed by atoms with Crippen LogP contribution in [0.15, 0.2) is 21.3 Å². The van der Waals surface area contributed by atoms with Crippen molar-refractivity contribution in [3.05, 3.63) is 17.0 Å². The van der Waals surface area contributed by atoms with E-state index in [2.05, 4.69) is 22.1 Å². The van der Waals surface area contributed by atoms with Crippen LogP contribution in [0, 0.1) is 5.92 Å². The molecule has 0 bridgehead atoms. The minimum absolute atomic E-state index is 0. The highest BCUT2D eigenvalue weighted by molar-refractivity contribution is 14.0. The maximum Gasteiger partial charge on any atom is 0.252 e. The molecule has 26 heavy (non-hydrogen) atoms. The fourth-order valence-corrected chi connectivity index (χ4v) is 6.07. The lowest BCUT2D eigenvalue weighted by Crippen LogP contribution is -2.45. The smallest absolute Gasteiger partial charge is 0.252 e. The first-order chi connectivity index (χ1) is 11.9. The van der Waals surface area contributed by atoms with E-state index >= 15 is 0 Å². The molecule has 0 saturated carbocycles. The summed E-state index contributed by atoms with van der Waals surface area (Å²) in [6.07, 6.45) is 2.46. The first-order valence-electron chi connectivity index (χ1n) is 8.96. The lowest BCUT2D eigenvalue weighted by molar-refractivity contribution is 0.266. The maximum absolute atomic E-state index is 12.6. The summed E-state index contributed by atoms with van der Waals surface area (Å²) in [4.78, 5) is 7.67. The van der Waals surface area contributed by atoms with E-state index in [4.69, 9.17) is 0 Å². The average Bonchev–Trinajstić information content (AvgIpc) is 3.06. The summed E-state index contributed by atoms with van der Waals surface area (Å²) in [7, 11) is -1.57. The summed E-state index contributed by atoms with van der Waals surface area (Å²) in [5, 5.41) is 3.38. The third-order valence-electron chi connectivity index (χ3n) is 4.53. The molecule has 0 aliphatic carbocycles. The summed E-state index contributed by atoms with van der Waals surface area (Å²) in [5.74, 6) is 1.58. The number of nitrogens with one attached hydrogen (secondary N) is 1. The van der Waals surface area contributed by atoms with Gasteiger partial charge >= 0.3 is 0 Å². The highest BCUT2D eigenvalue weighted by Gasteiger charge is 2.24. The summed E-state index contributed by atoms with van der Waals surface area (Å²) >= 11 is 1.33. The van der Waals surface area contributed by atoms with Crippen LogP contribution in [0.5, 0.6) is 0 Å². The van der Waals surface area contributed by atoms with Gasteiger partial charge in [0.15, 0.2) is 5.96 Å². The van der Waals surface area contributed by atoms with Gasteiger partial charge in [0.1, 0.15) is 4.21 Å². The average molecular weight is 514 g/mol. The number of rotatable bonds is 6. The van der Waals surface area contributed by atoms with Crippen LogP contribution in [0.3, 0.4) is 0 Å². The Labute approximate surface area is 179 Å². The van der Waals surface area contributed by atoms with Gasteiger partial charge in [-0.25, -0.2) is 8.42 Å². The van der Waals surface area contributed by atoms with Gasteiger partial charge in [-0.15, -0.1) is 35.3 Å². The predicted molar refractivity (Wildman–Crippen MR) is 120 cm³/mol. The molecule has 1 fully saturated rings. The Balaban J connectivity index is 0.00000338. The van der Waals surface area contributed by atoms with Crippen molar-refractivity contribution in [1.29, 1.82) is 0 Å². The third kappa shape index (κ3) is 5.80. The second-order valence-electron chi connectivity index (χ2n) is 6.40. The minimum Gasteiger partial charge on any atom is -0.351 e. The Morgan fingerprint density at radius 2 is 2.08 bits per heavy atom. The predicted octanol–water partition coefficient (Wildman–Crippen LogP) is 3.20. The Morgan fingerprint density at radius 1 is 1.38 bits per heavy atom. The maximum atomic E-state index is 12.6. The molecule has 150 valence electrons. The molecule has 0 aromatic carbocycles. The number of piperidine rings is 1. The number of nitrogens with zero attached hydrogens (tertiary/aromatic N) is 3. The van der Waals surface area contributed by atoms with Crippen LogP contribution in [0.25, 0.3) is 0 Å². The van der Waals surface area contributed by atoms with Crippen molar-refractivity contribution >= 4 is 51.3 Å². The number of thiophene rings is 1. The molecule has 0 radical (unpaired) electrons. The molecule has 0 amide bonds. The Bertz CT molecular complexity index is 687. The molecule has 1 N–H and O–H groups in total. The quantitative estimate of drug-likeness (QED) is 0.360. The lowest BCUT2D eigenvalue weighted by atomic mass is 10.0. The molecule has 2 heterocycles. The first kappa shape index (κ1) is 23.6. The van der Waals surface area contributed by atoms with Gasteiger partial charge < -0.3 is 10.2 Å². The van der Waals surface area contributed by atoms with Gasteiger partial charge in [-0.3, -0.25) is 4.99 Å². The summed E-state index contributed by atoms with van der Waals surface area (Å²) < 4.78 is 27.0. The molecular formula is C17H31IN4O2S2. The number of likely N-dealkylation sites (tertiary alicyclic amines) is 1. The first-order valence-corrected chi connectivity index (χ1v) is 11.2. The second kappa shape index (κ2) is 10.8. The van der Waals surface area contributed by atoms with E-state index in [1.54, 1.807) is 13.1 Å². The Kier molecular flexibility index (Phi) is 9.84. The monoisotopic (exact) mass is 514 g/mol. The number of halogens is 1. The zero-order chi connectivity index (χ0) is 18.4. The lowest BCUT2D eigenvalue weighted by Gasteiger charge is -2.33. The standard InChI is InChI=1S/C17H30N4O2S2.HI/c1-5-21(6-2)25(22,23)16-10-9-15(24-16)12-19-17(18-4)20-11-7-8-14(3)13-20;/h9-10,14H,5-8,11-13H2,1-4H3,(H,18,19);1H. The van der Waals surface area contributed by atoms with E-state index in [1.165, 1.54) is 28.5 Å². The van der Waals surface area contributed by atoms with Crippen LogP contribution in [0.4, 0.5) is 0 Å². The molecule has 1 atom stereocenters. The highest BCUT2D eigenvalue weighted by Crippen LogP contribution is 2.25. The Morgan fingerprint density at radius 3 is 2.65 bits per heavy atom. The van der Waals surface area contributed by atoms with Crippen molar-refractivity contribution in [2.45, 2.75) is 44.4 Å². The largest absolute Gasteiger partial charge is 0.351 e. The van der Waals surface area contributed by atoms with Crippen molar-refractivity contribution in [3.63, 3.8) is 0 Å². The molecule has 2 rings (SSSR count). The number of guanidine groups is 1. The Hall–Kier alpha value is -0.390. The van der Waals surface area contributed by atoms with Crippen molar-refractivity contribution in [2.75, 3.05) is 33.2 Å². The van der Waals surface area contributed by atoms with Gasteiger partial charge in [0.2, 0.25) is 0 Å². The van der Waals surface area contributed by atoms with Crippen LogP contribution >= 0.6 is 35.3 Å². The van der Waals surface area contributed by atoms with E-state index in [9.17, 15) is 8.42 Å². The van der Waals surface area contributed by atoms with Gasteiger partial charge in [-0.1, -0.05) is 20.8 Å². The van der Waals surface area contributed by atoms with Crippen LogP contribution in [0.2, 0.25) is 0 Å². The highest BCUT2D eigenvalue weighted by atomic mass is 127. The zero-order valence-corrected chi connectivity index (χ0v) is 20.0. The van der Waals surface area contributed by atoms with Crippen LogP contribution in [-0.2, 0) is 16.6 Å². The molecule has 1 aromatic heterocycles. The summed E-state index contributed by atoms with van der Waals surface area (Å²) in [6, 6.07) is 3.60. The molecule has 1 aromatic rings. The van der Waals surface area contributed by atoms with Crippen molar-refractivity contribution in [1.82, 2.24) is 14.5 Å². The molecule has 1 aliphatic heterocycles. The fraction of sp³-hybridized carbons (Fsp3) is 0.706. The van der Waals surface area contributed by atoms with Crippen molar-refractivity contribution in [2.24, 2.45) is 10.9 Å². The van der Waals surface area contributed by atoms with Crippen LogP contribution in [0.1, 0.15) is 38.5 Å². The fourth-order valence-electron chi connectivity index (χ4n) is 3.16. The van der Waals surface area contributed by atoms with Gasteiger partial charge in [0.05, 0.1) is 6.54 Å². The van der Waals surface area contributed by atoms with Crippen LogP contribution in [-0.4, -0.2) is 56.8 Å². The molecule has 1 saturated heterocycles. The topological polar surface area (TPSA) is 65.0 Å². The molecule has 1 unspecified atom stereocenters. The van der Waals surface area contributed by atoms with E-state index in [-0.39, 0.29) is 24.0 Å². The van der Waals surface area contributed by atoms with E-state index in [0.29, 0.717) is 29.8 Å². The second-order valence-corrected chi connectivity index (χ2v) is 9.74. The van der Waals surface area contributed by atoms with Gasteiger partial charge in [0, 0.05) is 38.1 Å². The molecule has 0 spiro atoms. The molecular weight excluding hydrogens is 483 g/mol. The van der Waals surface area contributed by atoms with E-state index in [1.807, 2.05) is 19.9 Å². The van der Waals surface area contributed by atoms with Crippen LogP contribution < -0.4 is 5.32 Å². The SMILES string of the molecule is CCN(CC)S(=O)(=O)c1ccc(CNC(=NC)N2CCCC(C)C2)s1.I. The zero-order valence-electron chi connectivity index (χ0n) is 16.1. The third-order valence-corrected chi connectivity index (χ3v) is 8.13. The van der Waals surface area contributed by atoms with Crippen molar-refractivity contribution in [3.8, 4) is 0 Å². The number of hydrogen-bond acceptors (Lipinski definition) is 4. The van der Waals surface area contributed by atoms with Gasteiger partial charge in [-0.05, 0) is 30.9 Å². The molecule has 1 aliphatic rings. The number of sulfonamides is 1.